The van der Waals surface area contributed by atoms with Gasteiger partial charge in [-0.3, -0.25) is 10.1 Å². The zero-order valence-corrected chi connectivity index (χ0v) is 7.84. The van der Waals surface area contributed by atoms with Gasteiger partial charge in [0.1, 0.15) is 0 Å². The fraction of sp³-hybridized carbons (Fsp3) is 0.429. The molecule has 0 bridgehead atoms. The van der Waals surface area contributed by atoms with E-state index < -0.39 is 23.8 Å². The smallest absolute Gasteiger partial charge is 0.323 e. The van der Waals surface area contributed by atoms with Crippen LogP contribution < -0.4 is 5.73 Å². The molecule has 0 unspecified atom stereocenters. The molecule has 1 rings (SSSR count). The molecule has 1 atom stereocenters. The molecule has 0 saturated heterocycles. The number of halogens is 2. The zero-order valence-electron chi connectivity index (χ0n) is 7.02. The lowest BCUT2D eigenvalue weighted by atomic mass is 10.2. The molecule has 78 valence electrons. The number of hydrogen-bond donors (Lipinski definition) is 1. The highest BCUT2D eigenvalue weighted by Gasteiger charge is 2.17. The summed E-state index contributed by atoms with van der Waals surface area (Å²) in [5.41, 5.74) is 5.42. The monoisotopic (exact) mass is 222 g/mol. The van der Waals surface area contributed by atoms with Crippen molar-refractivity contribution in [2.24, 2.45) is 5.73 Å². The van der Waals surface area contributed by atoms with Crippen LogP contribution in [-0.4, -0.2) is 11.3 Å². The Hall–Kier alpha value is -1.08. The van der Waals surface area contributed by atoms with E-state index in [4.69, 9.17) is 5.73 Å². The Morgan fingerprint density at radius 1 is 1.57 bits per heavy atom. The molecule has 7 heteroatoms. The average Bonchev–Trinajstić information content (AvgIpc) is 2.50. The van der Waals surface area contributed by atoms with Crippen LogP contribution in [0.1, 0.15) is 17.3 Å². The van der Waals surface area contributed by atoms with Crippen molar-refractivity contribution in [3.63, 3.8) is 0 Å². The summed E-state index contributed by atoms with van der Waals surface area (Å²) in [6, 6.07) is 1.86. The van der Waals surface area contributed by atoms with Crippen molar-refractivity contribution < 1.29 is 13.7 Å². The Morgan fingerprint density at radius 2 is 2.21 bits per heavy atom. The lowest BCUT2D eigenvalue weighted by Crippen LogP contribution is -2.12. The van der Waals surface area contributed by atoms with E-state index in [0.29, 0.717) is 4.88 Å². The summed E-state index contributed by atoms with van der Waals surface area (Å²) in [5, 5.41) is 10.2. The van der Waals surface area contributed by atoms with Gasteiger partial charge in [0.05, 0.1) is 4.92 Å². The molecule has 0 aliphatic carbocycles. The van der Waals surface area contributed by atoms with Crippen molar-refractivity contribution in [1.29, 1.82) is 0 Å². The molecule has 14 heavy (non-hydrogen) atoms. The number of thiophene rings is 1. The summed E-state index contributed by atoms with van der Waals surface area (Å²) in [6.07, 6.45) is -2.97. The first-order valence-electron chi connectivity index (χ1n) is 3.78. The minimum atomic E-state index is -2.49. The zero-order chi connectivity index (χ0) is 10.7. The molecule has 0 spiro atoms. The predicted octanol–water partition coefficient (Wildman–Crippen LogP) is 2.31. The highest BCUT2D eigenvalue weighted by molar-refractivity contribution is 7.15. The fourth-order valence-corrected chi connectivity index (χ4v) is 1.78. The van der Waals surface area contributed by atoms with Crippen LogP contribution in [0.2, 0.25) is 0 Å². The maximum atomic E-state index is 11.9. The van der Waals surface area contributed by atoms with Crippen LogP contribution in [0, 0.1) is 10.1 Å². The highest BCUT2D eigenvalue weighted by atomic mass is 32.1. The van der Waals surface area contributed by atoms with Crippen LogP contribution >= 0.6 is 11.3 Å². The Bertz CT molecular complexity index is 329. The number of hydrogen-bond acceptors (Lipinski definition) is 4. The van der Waals surface area contributed by atoms with E-state index in [1.165, 1.54) is 12.1 Å². The lowest BCUT2D eigenvalue weighted by Gasteiger charge is -2.06. The fourth-order valence-electron chi connectivity index (χ4n) is 0.948. The molecule has 0 radical (unpaired) electrons. The van der Waals surface area contributed by atoms with E-state index in [-0.39, 0.29) is 5.00 Å². The second-order valence-electron chi connectivity index (χ2n) is 2.67. The molecule has 0 amide bonds. The van der Waals surface area contributed by atoms with Crippen molar-refractivity contribution >= 4 is 16.3 Å². The van der Waals surface area contributed by atoms with E-state index >= 15 is 0 Å². The van der Waals surface area contributed by atoms with Gasteiger partial charge < -0.3 is 5.73 Å². The quantitative estimate of drug-likeness (QED) is 0.627. The summed E-state index contributed by atoms with van der Waals surface area (Å²) >= 11 is 0.834. The Balaban J connectivity index is 2.71. The maximum Gasteiger partial charge on any atom is 0.324 e. The van der Waals surface area contributed by atoms with Crippen molar-refractivity contribution in [1.82, 2.24) is 0 Å². The first kappa shape index (κ1) is 11.0. The van der Waals surface area contributed by atoms with Gasteiger partial charge in [0.15, 0.2) is 0 Å². The van der Waals surface area contributed by atoms with Crippen molar-refractivity contribution in [2.75, 3.05) is 0 Å². The van der Waals surface area contributed by atoms with E-state index in [1.807, 2.05) is 0 Å². The molecule has 4 nitrogen and oxygen atoms in total. The number of rotatable bonds is 4. The highest BCUT2D eigenvalue weighted by Crippen LogP contribution is 2.30. The predicted molar refractivity (Wildman–Crippen MR) is 48.5 cm³/mol. The largest absolute Gasteiger partial charge is 0.324 e. The van der Waals surface area contributed by atoms with E-state index in [0.717, 1.165) is 11.3 Å². The van der Waals surface area contributed by atoms with E-state index in [1.54, 1.807) is 0 Å². The van der Waals surface area contributed by atoms with Gasteiger partial charge in [-0.05, 0) is 6.07 Å². The third-order valence-electron chi connectivity index (χ3n) is 1.59. The topological polar surface area (TPSA) is 69.2 Å². The van der Waals surface area contributed by atoms with Crippen LogP contribution in [0.4, 0.5) is 13.8 Å². The van der Waals surface area contributed by atoms with Crippen LogP contribution in [0.3, 0.4) is 0 Å². The lowest BCUT2D eigenvalue weighted by molar-refractivity contribution is -0.380. The second kappa shape index (κ2) is 4.43. The third-order valence-corrected chi connectivity index (χ3v) is 2.76. The van der Waals surface area contributed by atoms with Crippen LogP contribution in [0.5, 0.6) is 0 Å². The van der Waals surface area contributed by atoms with Gasteiger partial charge in [-0.15, -0.1) is 0 Å². The third kappa shape index (κ3) is 2.71. The first-order chi connectivity index (χ1) is 6.50. The molecule has 1 heterocycles. The molecular weight excluding hydrogens is 214 g/mol. The number of nitrogens with two attached hydrogens (primary N) is 1. The summed E-state index contributed by atoms with van der Waals surface area (Å²) in [4.78, 5) is 10.1. The molecule has 1 aromatic rings. The van der Waals surface area contributed by atoms with Gasteiger partial charge in [0.25, 0.3) is 0 Å². The van der Waals surface area contributed by atoms with Gasteiger partial charge in [0.2, 0.25) is 6.43 Å². The van der Waals surface area contributed by atoms with E-state index in [2.05, 4.69) is 0 Å². The van der Waals surface area contributed by atoms with Crippen LogP contribution in [0.25, 0.3) is 0 Å². The molecule has 1 aromatic heterocycles. The minimum absolute atomic E-state index is 0.0790. The molecule has 0 aromatic carbocycles. The Labute approximate surface area is 82.5 Å². The van der Waals surface area contributed by atoms with Crippen LogP contribution in [-0.2, 0) is 0 Å². The molecule has 0 saturated carbocycles. The van der Waals surface area contributed by atoms with Gasteiger partial charge in [-0.2, -0.15) is 0 Å². The Kier molecular flexibility index (Phi) is 3.48. The van der Waals surface area contributed by atoms with Gasteiger partial charge >= 0.3 is 5.00 Å². The first-order valence-corrected chi connectivity index (χ1v) is 4.60. The van der Waals surface area contributed by atoms with Gasteiger partial charge in [-0.1, -0.05) is 11.3 Å². The number of nitrogens with zero attached hydrogens (tertiary/aromatic N) is 1. The maximum absolute atomic E-state index is 11.9. The van der Waals surface area contributed by atoms with Crippen molar-refractivity contribution in [3.05, 3.63) is 27.1 Å². The molecular formula is C7H8F2N2O2S. The molecule has 0 aliphatic rings. The standard InChI is InChI=1S/C7H8F2N2O2S/c8-6(9)3-4(10)5-1-2-7(14-5)11(12)13/h1-2,4,6H,3,10H2/t4-/m1/s1. The van der Waals surface area contributed by atoms with Crippen molar-refractivity contribution in [3.8, 4) is 0 Å². The average molecular weight is 222 g/mol. The number of alkyl halides is 2. The summed E-state index contributed by atoms with van der Waals surface area (Å²) in [7, 11) is 0. The normalized spacial score (nSPS) is 13.1. The molecule has 0 fully saturated rings. The van der Waals surface area contributed by atoms with Gasteiger partial charge in [-0.25, -0.2) is 8.78 Å². The van der Waals surface area contributed by atoms with E-state index in [9.17, 15) is 18.9 Å². The minimum Gasteiger partial charge on any atom is -0.323 e. The summed E-state index contributed by atoms with van der Waals surface area (Å²) in [6.45, 7) is 0. The SMILES string of the molecule is N[C@H](CC(F)F)c1ccc([N+](=O)[O-])s1. The molecule has 0 aliphatic heterocycles. The van der Waals surface area contributed by atoms with Crippen LogP contribution in [0.15, 0.2) is 12.1 Å². The summed E-state index contributed by atoms with van der Waals surface area (Å²) in [5.74, 6) is 0. The summed E-state index contributed by atoms with van der Waals surface area (Å²) < 4.78 is 23.9. The molecule has 2 N–H and O–H groups in total. The second-order valence-corrected chi connectivity index (χ2v) is 3.76. The number of nitro groups is 1. The van der Waals surface area contributed by atoms with Crippen molar-refractivity contribution in [2.45, 2.75) is 18.9 Å². The van der Waals surface area contributed by atoms with Gasteiger partial charge in [0, 0.05) is 23.4 Å². The Morgan fingerprint density at radius 3 is 2.64 bits per heavy atom.